The van der Waals surface area contributed by atoms with E-state index in [-0.39, 0.29) is 0 Å². The van der Waals surface area contributed by atoms with Gasteiger partial charge in [0.1, 0.15) is 5.58 Å². The third-order valence-electron chi connectivity index (χ3n) is 14.5. The Labute approximate surface area is 389 Å². The van der Waals surface area contributed by atoms with Gasteiger partial charge in [0, 0.05) is 27.7 Å². The molecule has 0 amide bonds. The Morgan fingerprint density at radius 3 is 1.40 bits per heavy atom. The van der Waals surface area contributed by atoms with E-state index in [0.717, 1.165) is 55.5 Å². The van der Waals surface area contributed by atoms with Crippen LogP contribution in [-0.4, -0.2) is 0 Å². The van der Waals surface area contributed by atoms with Gasteiger partial charge in [-0.25, -0.2) is 0 Å². The lowest BCUT2D eigenvalue weighted by atomic mass is 9.70. The Balaban J connectivity index is 1.02. The molecule has 0 bridgehead atoms. The molecule has 0 N–H and O–H groups in total. The summed E-state index contributed by atoms with van der Waals surface area (Å²) in [6.45, 7) is 0. The molecule has 2 aliphatic rings. The topological polar surface area (TPSA) is 16.4 Å². The van der Waals surface area contributed by atoms with Crippen molar-refractivity contribution in [3.63, 3.8) is 0 Å². The van der Waals surface area contributed by atoms with Crippen LogP contribution in [0.2, 0.25) is 0 Å². The lowest BCUT2D eigenvalue weighted by Crippen LogP contribution is -2.26. The van der Waals surface area contributed by atoms with Crippen molar-refractivity contribution in [1.82, 2.24) is 0 Å². The summed E-state index contributed by atoms with van der Waals surface area (Å²) in [5, 5.41) is 4.52. The van der Waals surface area contributed by atoms with Crippen molar-refractivity contribution < 1.29 is 4.42 Å². The lowest BCUT2D eigenvalue weighted by molar-refractivity contribution is 0.670. The number of nitrogens with zero attached hydrogens (tertiary/aromatic N) is 1. The number of hydrogen-bond acceptors (Lipinski definition) is 2. The van der Waals surface area contributed by atoms with E-state index in [1.807, 2.05) is 0 Å². The summed E-state index contributed by atoms with van der Waals surface area (Å²) in [7, 11) is 0. The fraction of sp³-hybridized carbons (Fsp3) is 0.0154. The van der Waals surface area contributed by atoms with Crippen molar-refractivity contribution in [1.29, 1.82) is 0 Å². The summed E-state index contributed by atoms with van der Waals surface area (Å²) < 4.78 is 7.40. The largest absolute Gasteiger partial charge is 0.453 e. The number of para-hydroxylation sites is 1. The Hall–Kier alpha value is -8.72. The van der Waals surface area contributed by atoms with Crippen LogP contribution in [0.25, 0.3) is 88.3 Å². The van der Waals surface area contributed by atoms with Crippen molar-refractivity contribution in [3.8, 4) is 55.6 Å². The first kappa shape index (κ1) is 37.6. The van der Waals surface area contributed by atoms with Crippen LogP contribution in [0.4, 0.5) is 17.1 Å². The molecule has 0 atom stereocenters. The molecular weight excluding hydrogens is 811 g/mol. The second-order valence-electron chi connectivity index (χ2n) is 17.9. The number of hydrogen-bond donors (Lipinski definition) is 0. The smallest absolute Gasteiger partial charge is 0.159 e. The summed E-state index contributed by atoms with van der Waals surface area (Å²) >= 11 is 0. The summed E-state index contributed by atoms with van der Waals surface area (Å²) in [6.07, 6.45) is 0. The van der Waals surface area contributed by atoms with Crippen molar-refractivity contribution >= 4 is 49.8 Å². The minimum Gasteiger partial charge on any atom is -0.453 e. The molecule has 1 aromatic heterocycles. The van der Waals surface area contributed by atoms with Crippen LogP contribution in [0.1, 0.15) is 22.3 Å². The highest BCUT2D eigenvalue weighted by molar-refractivity contribution is 6.20. The molecule has 0 aliphatic heterocycles. The van der Waals surface area contributed by atoms with Crippen LogP contribution in [0.15, 0.2) is 253 Å². The Bertz CT molecular complexity index is 3840. The van der Waals surface area contributed by atoms with E-state index in [4.69, 9.17) is 4.42 Å². The first-order chi connectivity index (χ1) is 33.2. The van der Waals surface area contributed by atoms with Gasteiger partial charge in [-0.2, -0.15) is 0 Å². The molecule has 1 spiro atoms. The zero-order chi connectivity index (χ0) is 44.1. The molecule has 0 fully saturated rings. The SMILES string of the molecule is c1ccc(-c2ccc(-c3c4ccccc4cc4c3oc3c(N(c5ccc(-c6ccccc6)cc5)c5ccc6c(c5)C5(c7ccccc7-c7ccccc75)c5ccccc5-6)cccc34)cc2)cc1. The Kier molecular flexibility index (Phi) is 8.23. The highest BCUT2D eigenvalue weighted by Gasteiger charge is 2.51. The maximum absolute atomic E-state index is 7.40. The van der Waals surface area contributed by atoms with Gasteiger partial charge in [-0.3, -0.25) is 0 Å². The molecule has 67 heavy (non-hydrogen) atoms. The maximum atomic E-state index is 7.40. The second kappa shape index (κ2) is 14.7. The average molecular weight is 852 g/mol. The quantitative estimate of drug-likeness (QED) is 0.166. The molecular formula is C65H41NO. The molecule has 2 heteroatoms. The fourth-order valence-corrected chi connectivity index (χ4v) is 11.6. The number of anilines is 3. The third-order valence-corrected chi connectivity index (χ3v) is 14.5. The average Bonchev–Trinajstić information content (AvgIpc) is 4.03. The number of rotatable bonds is 6. The van der Waals surface area contributed by atoms with Gasteiger partial charge < -0.3 is 9.32 Å². The fourth-order valence-electron chi connectivity index (χ4n) is 11.6. The first-order valence-electron chi connectivity index (χ1n) is 23.2. The van der Waals surface area contributed by atoms with E-state index in [1.54, 1.807) is 0 Å². The normalized spacial score (nSPS) is 12.9. The molecule has 11 aromatic carbocycles. The molecule has 312 valence electrons. The molecule has 12 aromatic rings. The molecule has 0 saturated heterocycles. The van der Waals surface area contributed by atoms with Crippen LogP contribution in [0.3, 0.4) is 0 Å². The van der Waals surface area contributed by atoms with Crippen molar-refractivity contribution in [2.45, 2.75) is 5.41 Å². The van der Waals surface area contributed by atoms with Crippen LogP contribution in [0.5, 0.6) is 0 Å². The van der Waals surface area contributed by atoms with E-state index < -0.39 is 5.41 Å². The van der Waals surface area contributed by atoms with Gasteiger partial charge in [0.15, 0.2) is 5.58 Å². The Morgan fingerprint density at radius 2 is 0.776 bits per heavy atom. The predicted octanol–water partition coefficient (Wildman–Crippen LogP) is 17.6. The van der Waals surface area contributed by atoms with Gasteiger partial charge in [-0.05, 0) is 119 Å². The summed E-state index contributed by atoms with van der Waals surface area (Å²) in [4.78, 5) is 2.41. The molecule has 0 radical (unpaired) electrons. The van der Waals surface area contributed by atoms with Crippen LogP contribution >= 0.6 is 0 Å². The van der Waals surface area contributed by atoms with Crippen molar-refractivity contribution in [2.24, 2.45) is 0 Å². The number of furan rings is 1. The van der Waals surface area contributed by atoms with Gasteiger partial charge in [0.2, 0.25) is 0 Å². The molecule has 14 rings (SSSR count). The monoisotopic (exact) mass is 851 g/mol. The summed E-state index contributed by atoms with van der Waals surface area (Å²) in [5.41, 5.74) is 21.7. The van der Waals surface area contributed by atoms with E-state index in [0.29, 0.717) is 0 Å². The van der Waals surface area contributed by atoms with Crippen LogP contribution in [0, 0.1) is 0 Å². The van der Waals surface area contributed by atoms with Crippen molar-refractivity contribution in [2.75, 3.05) is 4.90 Å². The van der Waals surface area contributed by atoms with Gasteiger partial charge >= 0.3 is 0 Å². The molecule has 1 heterocycles. The minimum atomic E-state index is -0.478. The van der Waals surface area contributed by atoms with Gasteiger partial charge in [0.25, 0.3) is 0 Å². The van der Waals surface area contributed by atoms with Gasteiger partial charge in [-0.1, -0.05) is 212 Å². The zero-order valence-electron chi connectivity index (χ0n) is 36.5. The third kappa shape index (κ3) is 5.51. The van der Waals surface area contributed by atoms with Gasteiger partial charge in [0.05, 0.1) is 11.1 Å². The lowest BCUT2D eigenvalue weighted by Gasteiger charge is -2.32. The molecule has 2 nitrogen and oxygen atoms in total. The summed E-state index contributed by atoms with van der Waals surface area (Å²) in [5.74, 6) is 0. The highest BCUT2D eigenvalue weighted by Crippen LogP contribution is 2.63. The van der Waals surface area contributed by atoms with E-state index in [1.165, 1.54) is 72.1 Å². The summed E-state index contributed by atoms with van der Waals surface area (Å²) in [6, 6.07) is 91.0. The number of fused-ring (bicyclic) bond motifs is 14. The van der Waals surface area contributed by atoms with Crippen molar-refractivity contribution in [3.05, 3.63) is 271 Å². The number of benzene rings is 11. The zero-order valence-corrected chi connectivity index (χ0v) is 36.5. The van der Waals surface area contributed by atoms with E-state index in [2.05, 4.69) is 254 Å². The van der Waals surface area contributed by atoms with Gasteiger partial charge in [-0.15, -0.1) is 0 Å². The highest BCUT2D eigenvalue weighted by atomic mass is 16.3. The van der Waals surface area contributed by atoms with E-state index in [9.17, 15) is 0 Å². The minimum absolute atomic E-state index is 0.478. The molecule has 0 unspecified atom stereocenters. The Morgan fingerprint density at radius 1 is 0.299 bits per heavy atom. The standard InChI is InChI=1S/C65H41NO/c1-3-16-42(17-4-1)44-30-32-46(33-31-44)62-50-21-8-7-20-47(50)40-56-55-25-15-29-61(63(55)67-64(56)62)66(48-36-34-45(35-37-48)43-18-5-2-6-19-43)49-38-39-54-53-24-11-14-28-59(53)65(60(54)41-49)57-26-12-9-22-51(57)52-23-10-13-27-58(52)65/h1-41H. The van der Waals surface area contributed by atoms with Crippen LogP contribution < -0.4 is 4.90 Å². The molecule has 0 saturated carbocycles. The second-order valence-corrected chi connectivity index (χ2v) is 17.9. The van der Waals surface area contributed by atoms with Crippen LogP contribution in [-0.2, 0) is 5.41 Å². The predicted molar refractivity (Wildman–Crippen MR) is 279 cm³/mol. The molecule has 2 aliphatic carbocycles. The maximum Gasteiger partial charge on any atom is 0.159 e. The van der Waals surface area contributed by atoms with E-state index >= 15 is 0 Å². The first-order valence-corrected chi connectivity index (χ1v) is 23.2.